The Bertz CT molecular complexity index is 1590. The van der Waals surface area contributed by atoms with Crippen LogP contribution in [0.3, 0.4) is 0 Å². The molecule has 0 amide bonds. The summed E-state index contributed by atoms with van der Waals surface area (Å²) in [5, 5.41) is 18.9. The first-order valence-corrected chi connectivity index (χ1v) is 13.8. The van der Waals surface area contributed by atoms with Crippen LogP contribution in [-0.2, 0) is 13.1 Å². The maximum atomic E-state index is 13.6. The molecule has 2 saturated heterocycles. The summed E-state index contributed by atoms with van der Waals surface area (Å²) in [5.74, 6) is 2.40. The Morgan fingerprint density at radius 3 is 2.38 bits per heavy atom. The molecule has 6 aliphatic rings. The average Bonchev–Trinajstić information content (AvgIpc) is 3.10. The van der Waals surface area contributed by atoms with E-state index in [-0.39, 0.29) is 24.7 Å². The number of aromatic nitrogens is 4. The van der Waals surface area contributed by atoms with Crippen molar-refractivity contribution >= 4 is 23.4 Å². The minimum Gasteiger partial charge on any atom is -0.355 e. The second-order valence-corrected chi connectivity index (χ2v) is 13.0. The third kappa shape index (κ3) is 3.20. The quantitative estimate of drug-likeness (QED) is 0.458. The number of benzene rings is 1. The molecular formula is C28H26ClF3N8. The van der Waals surface area contributed by atoms with Crippen LogP contribution in [0.15, 0.2) is 30.3 Å². The molecule has 12 heteroatoms. The molecule has 3 saturated carbocycles. The topological polar surface area (TPSA) is 77.1 Å². The number of anilines is 2. The molecule has 206 valence electrons. The van der Waals surface area contributed by atoms with Gasteiger partial charge >= 0.3 is 6.18 Å². The van der Waals surface area contributed by atoms with Crippen LogP contribution in [0.5, 0.6) is 0 Å². The maximum absolute atomic E-state index is 13.6. The van der Waals surface area contributed by atoms with Gasteiger partial charge in [0.2, 0.25) is 5.95 Å². The van der Waals surface area contributed by atoms with Crippen LogP contribution >= 0.6 is 11.6 Å². The lowest BCUT2D eigenvalue weighted by Gasteiger charge is -2.73. The second-order valence-electron chi connectivity index (χ2n) is 12.5. The third-order valence-corrected chi connectivity index (χ3v) is 10.1. The van der Waals surface area contributed by atoms with E-state index in [2.05, 4.69) is 40.5 Å². The highest BCUT2D eigenvalue weighted by atomic mass is 35.5. The summed E-state index contributed by atoms with van der Waals surface area (Å²) in [6.07, 6.45) is -3.69. The van der Waals surface area contributed by atoms with Gasteiger partial charge in [-0.25, -0.2) is 4.98 Å². The standard InChI is InChI=1S/C28H26ClF3N8/c1-17-18(7-33)2-5-22(34-17)37-13-25(14-37)15-38(16-25)24-36-35-23-9-39(27-10-26(11-27,12-27)28(30,31)32)8-19-6-20(29)3-4-21(19)40(23)24/h2-6H,8-16H2,1H3. The van der Waals surface area contributed by atoms with Crippen molar-refractivity contribution in [3.63, 3.8) is 0 Å². The van der Waals surface area contributed by atoms with Crippen LogP contribution in [0.4, 0.5) is 24.9 Å². The Kier molecular flexibility index (Phi) is 4.69. The first-order chi connectivity index (χ1) is 19.0. The first-order valence-electron chi connectivity index (χ1n) is 13.5. The van der Waals surface area contributed by atoms with E-state index in [1.165, 1.54) is 0 Å². The Morgan fingerprint density at radius 1 is 0.975 bits per heavy atom. The van der Waals surface area contributed by atoms with Gasteiger partial charge in [0, 0.05) is 48.7 Å². The summed E-state index contributed by atoms with van der Waals surface area (Å²) in [6, 6.07) is 11.6. The van der Waals surface area contributed by atoms with Crippen LogP contribution in [0.25, 0.3) is 5.69 Å². The van der Waals surface area contributed by atoms with Crippen molar-refractivity contribution in [1.29, 1.82) is 5.26 Å². The number of rotatable bonds is 3. The Morgan fingerprint density at radius 2 is 1.70 bits per heavy atom. The summed E-state index contributed by atoms with van der Waals surface area (Å²) in [5.41, 5.74) is 1.44. The van der Waals surface area contributed by atoms with Gasteiger partial charge in [-0.15, -0.1) is 10.2 Å². The predicted molar refractivity (Wildman–Crippen MR) is 141 cm³/mol. The van der Waals surface area contributed by atoms with E-state index in [9.17, 15) is 18.4 Å². The molecule has 3 aromatic rings. The lowest BCUT2D eigenvalue weighted by atomic mass is 9.38. The molecule has 0 unspecified atom stereocenters. The number of nitriles is 1. The van der Waals surface area contributed by atoms with Gasteiger partial charge in [-0.1, -0.05) is 11.6 Å². The van der Waals surface area contributed by atoms with E-state index in [0.29, 0.717) is 23.7 Å². The molecule has 0 radical (unpaired) electrons. The Labute approximate surface area is 234 Å². The van der Waals surface area contributed by atoms with E-state index >= 15 is 0 Å². The van der Waals surface area contributed by atoms with Gasteiger partial charge in [-0.2, -0.15) is 18.4 Å². The van der Waals surface area contributed by atoms with Crippen molar-refractivity contribution in [2.45, 2.75) is 51.0 Å². The summed E-state index contributed by atoms with van der Waals surface area (Å²) < 4.78 is 42.8. The molecule has 1 aromatic carbocycles. The van der Waals surface area contributed by atoms with Gasteiger partial charge in [0.1, 0.15) is 11.9 Å². The van der Waals surface area contributed by atoms with Crippen molar-refractivity contribution in [1.82, 2.24) is 24.6 Å². The SMILES string of the molecule is Cc1nc(N2CC3(C2)CN(c2nnc4n2-c2ccc(Cl)cc2CN(C25CC(C(F)(F)F)(C2)C5)C4)C3)ccc1C#N. The molecule has 0 atom stereocenters. The van der Waals surface area contributed by atoms with Gasteiger partial charge in [-0.3, -0.25) is 9.47 Å². The zero-order valence-corrected chi connectivity index (χ0v) is 22.6. The molecule has 5 heterocycles. The van der Waals surface area contributed by atoms with E-state index in [4.69, 9.17) is 11.6 Å². The van der Waals surface area contributed by atoms with Crippen molar-refractivity contribution in [3.8, 4) is 11.8 Å². The molecule has 3 aliphatic heterocycles. The maximum Gasteiger partial charge on any atom is 0.394 e. The molecule has 9 rings (SSSR count). The van der Waals surface area contributed by atoms with Gasteiger partial charge in [0.05, 0.1) is 28.9 Å². The predicted octanol–water partition coefficient (Wildman–Crippen LogP) is 4.62. The molecule has 8 nitrogen and oxygen atoms in total. The zero-order valence-electron chi connectivity index (χ0n) is 21.8. The largest absolute Gasteiger partial charge is 0.394 e. The first kappa shape index (κ1) is 24.4. The molecule has 2 bridgehead atoms. The van der Waals surface area contributed by atoms with Crippen molar-refractivity contribution in [3.05, 3.63) is 58.0 Å². The fourth-order valence-electron chi connectivity index (χ4n) is 7.77. The van der Waals surface area contributed by atoms with E-state index in [0.717, 1.165) is 60.7 Å². The number of fused-ring (bicyclic) bond motifs is 3. The highest BCUT2D eigenvalue weighted by Gasteiger charge is 2.80. The summed E-state index contributed by atoms with van der Waals surface area (Å²) in [4.78, 5) is 11.2. The minimum atomic E-state index is -4.14. The second kappa shape index (κ2) is 7.68. The average molecular weight is 567 g/mol. The van der Waals surface area contributed by atoms with Gasteiger partial charge in [-0.05, 0) is 62.1 Å². The van der Waals surface area contributed by atoms with Gasteiger partial charge in [0.15, 0.2) is 5.82 Å². The minimum absolute atomic E-state index is 0.146. The van der Waals surface area contributed by atoms with Crippen LogP contribution in [0.2, 0.25) is 5.02 Å². The fourth-order valence-corrected chi connectivity index (χ4v) is 7.97. The third-order valence-electron chi connectivity index (χ3n) is 9.87. The zero-order chi connectivity index (χ0) is 27.7. The molecular weight excluding hydrogens is 541 g/mol. The monoisotopic (exact) mass is 566 g/mol. The molecule has 40 heavy (non-hydrogen) atoms. The number of aryl methyl sites for hydroxylation is 1. The fraction of sp³-hybridized carbons (Fsp3) is 0.500. The van der Waals surface area contributed by atoms with Gasteiger partial charge < -0.3 is 9.80 Å². The Balaban J connectivity index is 1.03. The smallest absolute Gasteiger partial charge is 0.355 e. The van der Waals surface area contributed by atoms with E-state index in [1.54, 1.807) is 0 Å². The van der Waals surface area contributed by atoms with Crippen molar-refractivity contribution < 1.29 is 13.2 Å². The van der Waals surface area contributed by atoms with Gasteiger partial charge in [0.25, 0.3) is 0 Å². The van der Waals surface area contributed by atoms with Crippen LogP contribution in [0, 0.1) is 29.1 Å². The Hall–Kier alpha value is -3.36. The summed E-state index contributed by atoms with van der Waals surface area (Å²) in [6.45, 7) is 6.27. The molecule has 0 N–H and O–H groups in total. The number of alkyl halides is 3. The van der Waals surface area contributed by atoms with Crippen molar-refractivity contribution in [2.75, 3.05) is 36.0 Å². The van der Waals surface area contributed by atoms with E-state index in [1.807, 2.05) is 37.3 Å². The number of hydrogen-bond acceptors (Lipinski definition) is 7. The van der Waals surface area contributed by atoms with E-state index < -0.39 is 17.1 Å². The van der Waals surface area contributed by atoms with Crippen molar-refractivity contribution in [2.24, 2.45) is 10.8 Å². The number of pyridine rings is 1. The van der Waals surface area contributed by atoms with Crippen LogP contribution in [-0.4, -0.2) is 62.5 Å². The lowest BCUT2D eigenvalue weighted by molar-refractivity contribution is -0.364. The normalized spacial score (nSPS) is 27.9. The number of nitrogens with zero attached hydrogens (tertiary/aromatic N) is 8. The lowest BCUT2D eigenvalue weighted by Crippen LogP contribution is -2.78. The molecule has 3 aliphatic carbocycles. The summed E-state index contributed by atoms with van der Waals surface area (Å²) >= 11 is 6.38. The number of halogens is 4. The molecule has 5 fully saturated rings. The summed E-state index contributed by atoms with van der Waals surface area (Å²) in [7, 11) is 0. The molecule has 1 spiro atoms. The highest BCUT2D eigenvalue weighted by Crippen LogP contribution is 2.75. The molecule has 2 aromatic heterocycles. The van der Waals surface area contributed by atoms with Crippen LogP contribution in [0.1, 0.15) is 41.9 Å². The van der Waals surface area contributed by atoms with Crippen LogP contribution < -0.4 is 9.80 Å². The highest BCUT2D eigenvalue weighted by molar-refractivity contribution is 6.30. The number of hydrogen-bond donors (Lipinski definition) is 0.